The van der Waals surface area contributed by atoms with E-state index in [1.54, 1.807) is 6.92 Å². The summed E-state index contributed by atoms with van der Waals surface area (Å²) in [5.74, 6) is -1.59. The molecular formula is C18H26N2O5S. The van der Waals surface area contributed by atoms with Gasteiger partial charge < -0.3 is 10.0 Å². The molecule has 0 spiro atoms. The lowest BCUT2D eigenvalue weighted by Gasteiger charge is -2.27. The van der Waals surface area contributed by atoms with Crippen LogP contribution in [0, 0.1) is 0 Å². The maximum absolute atomic E-state index is 12.8. The van der Waals surface area contributed by atoms with E-state index in [2.05, 4.69) is 4.72 Å². The number of carboxylic acids is 1. The first kappa shape index (κ1) is 20.4. The lowest BCUT2D eigenvalue weighted by molar-refractivity contribution is -0.138. The molecule has 0 saturated heterocycles. The average Bonchev–Trinajstić information content (AvgIpc) is 3.10. The van der Waals surface area contributed by atoms with Crippen molar-refractivity contribution < 1.29 is 23.1 Å². The standard InChI is InChI=1S/C18H26N2O5S/c1-3-13(2)20(12-17(21)22)18(23)14-7-6-10-16(11-14)26(24,25)19-15-8-4-5-9-15/h6-7,10-11,13,15,19H,3-5,8-9,12H2,1-2H3,(H,21,22). The van der Waals surface area contributed by atoms with Gasteiger partial charge in [-0.25, -0.2) is 13.1 Å². The topological polar surface area (TPSA) is 104 Å². The zero-order chi connectivity index (χ0) is 19.3. The second-order valence-electron chi connectivity index (χ2n) is 6.71. The second kappa shape index (κ2) is 8.64. The SMILES string of the molecule is CCC(C)N(CC(=O)O)C(=O)c1cccc(S(=O)(=O)NC2CCCC2)c1. The number of rotatable bonds is 8. The van der Waals surface area contributed by atoms with Crippen molar-refractivity contribution in [3.05, 3.63) is 29.8 Å². The maximum atomic E-state index is 12.8. The summed E-state index contributed by atoms with van der Waals surface area (Å²) < 4.78 is 27.8. The third-order valence-corrected chi connectivity index (χ3v) is 6.28. The molecule has 1 aromatic rings. The number of benzene rings is 1. The smallest absolute Gasteiger partial charge is 0.323 e. The lowest BCUT2D eigenvalue weighted by Crippen LogP contribution is -2.42. The molecule has 1 unspecified atom stereocenters. The van der Waals surface area contributed by atoms with Gasteiger partial charge in [-0.15, -0.1) is 0 Å². The van der Waals surface area contributed by atoms with E-state index in [-0.39, 0.29) is 22.5 Å². The third-order valence-electron chi connectivity index (χ3n) is 4.76. The Kier molecular flexibility index (Phi) is 6.77. The number of sulfonamides is 1. The first-order chi connectivity index (χ1) is 12.2. The van der Waals surface area contributed by atoms with Crippen LogP contribution in [0.2, 0.25) is 0 Å². The predicted molar refractivity (Wildman–Crippen MR) is 97.4 cm³/mol. The minimum Gasteiger partial charge on any atom is -0.480 e. The molecule has 0 aromatic heterocycles. The molecule has 1 amide bonds. The molecule has 1 aromatic carbocycles. The van der Waals surface area contributed by atoms with Crippen molar-refractivity contribution in [3.8, 4) is 0 Å². The number of aliphatic carboxylic acids is 1. The highest BCUT2D eigenvalue weighted by Crippen LogP contribution is 2.21. The van der Waals surface area contributed by atoms with Gasteiger partial charge in [-0.2, -0.15) is 0 Å². The molecule has 0 heterocycles. The lowest BCUT2D eigenvalue weighted by atomic mass is 10.1. The highest BCUT2D eigenvalue weighted by molar-refractivity contribution is 7.89. The molecule has 0 radical (unpaired) electrons. The number of nitrogens with one attached hydrogen (secondary N) is 1. The molecule has 2 rings (SSSR count). The Labute approximate surface area is 154 Å². The van der Waals surface area contributed by atoms with E-state index >= 15 is 0 Å². The van der Waals surface area contributed by atoms with Gasteiger partial charge in [-0.05, 0) is 44.4 Å². The number of hydrogen-bond donors (Lipinski definition) is 2. The van der Waals surface area contributed by atoms with E-state index in [1.165, 1.54) is 29.2 Å². The van der Waals surface area contributed by atoms with Crippen molar-refractivity contribution in [1.29, 1.82) is 0 Å². The van der Waals surface area contributed by atoms with E-state index < -0.39 is 28.4 Å². The minimum atomic E-state index is -3.71. The number of carbonyl (C=O) groups excluding carboxylic acids is 1. The Morgan fingerprint density at radius 1 is 1.31 bits per heavy atom. The Balaban J connectivity index is 2.25. The van der Waals surface area contributed by atoms with Crippen LogP contribution in [-0.4, -0.2) is 48.9 Å². The van der Waals surface area contributed by atoms with Gasteiger partial charge in [0, 0.05) is 17.6 Å². The van der Waals surface area contributed by atoms with Crippen LogP contribution in [0.15, 0.2) is 29.2 Å². The Morgan fingerprint density at radius 2 is 1.96 bits per heavy atom. The minimum absolute atomic E-state index is 0.0228. The van der Waals surface area contributed by atoms with Crippen LogP contribution in [0.5, 0.6) is 0 Å². The van der Waals surface area contributed by atoms with Crippen LogP contribution < -0.4 is 4.72 Å². The molecule has 144 valence electrons. The summed E-state index contributed by atoms with van der Waals surface area (Å²) in [5, 5.41) is 9.07. The van der Waals surface area contributed by atoms with Gasteiger partial charge >= 0.3 is 5.97 Å². The van der Waals surface area contributed by atoms with Crippen LogP contribution >= 0.6 is 0 Å². The van der Waals surface area contributed by atoms with E-state index in [4.69, 9.17) is 5.11 Å². The third kappa shape index (κ3) is 5.04. The maximum Gasteiger partial charge on any atom is 0.323 e. The second-order valence-corrected chi connectivity index (χ2v) is 8.43. The fraction of sp³-hybridized carbons (Fsp3) is 0.556. The molecule has 1 aliphatic rings. The molecular weight excluding hydrogens is 356 g/mol. The molecule has 1 atom stereocenters. The van der Waals surface area contributed by atoms with E-state index in [9.17, 15) is 18.0 Å². The largest absolute Gasteiger partial charge is 0.480 e. The van der Waals surface area contributed by atoms with E-state index in [0.717, 1.165) is 25.7 Å². The first-order valence-electron chi connectivity index (χ1n) is 8.89. The summed E-state index contributed by atoms with van der Waals surface area (Å²) >= 11 is 0. The van der Waals surface area contributed by atoms with Gasteiger partial charge in [0.25, 0.3) is 5.91 Å². The Morgan fingerprint density at radius 3 is 2.54 bits per heavy atom. The van der Waals surface area contributed by atoms with Gasteiger partial charge in [0.15, 0.2) is 0 Å². The summed E-state index contributed by atoms with van der Waals surface area (Å²) in [5.41, 5.74) is 0.167. The zero-order valence-electron chi connectivity index (χ0n) is 15.1. The molecule has 2 N–H and O–H groups in total. The Hall–Kier alpha value is -1.93. The number of nitrogens with zero attached hydrogens (tertiary/aromatic N) is 1. The highest BCUT2D eigenvalue weighted by atomic mass is 32.2. The average molecular weight is 382 g/mol. The normalized spacial score (nSPS) is 16.4. The summed E-state index contributed by atoms with van der Waals surface area (Å²) in [6.45, 7) is 3.20. The van der Waals surface area contributed by atoms with Crippen LogP contribution in [0.25, 0.3) is 0 Å². The van der Waals surface area contributed by atoms with Crippen LogP contribution in [0.4, 0.5) is 0 Å². The van der Waals surface area contributed by atoms with Gasteiger partial charge in [0.2, 0.25) is 10.0 Å². The van der Waals surface area contributed by atoms with Crippen molar-refractivity contribution in [1.82, 2.24) is 9.62 Å². The number of amides is 1. The fourth-order valence-electron chi connectivity index (χ4n) is 3.09. The van der Waals surface area contributed by atoms with Crippen molar-refractivity contribution in [2.45, 2.75) is 62.9 Å². The number of hydrogen-bond acceptors (Lipinski definition) is 4. The highest BCUT2D eigenvalue weighted by Gasteiger charge is 2.26. The van der Waals surface area contributed by atoms with Gasteiger partial charge in [-0.3, -0.25) is 9.59 Å². The van der Waals surface area contributed by atoms with Crippen LogP contribution in [0.3, 0.4) is 0 Å². The molecule has 7 nitrogen and oxygen atoms in total. The van der Waals surface area contributed by atoms with Gasteiger partial charge in [0.1, 0.15) is 6.54 Å². The predicted octanol–water partition coefficient (Wildman–Crippen LogP) is 2.23. The molecule has 26 heavy (non-hydrogen) atoms. The zero-order valence-corrected chi connectivity index (χ0v) is 16.0. The van der Waals surface area contributed by atoms with E-state index in [1.807, 2.05) is 6.92 Å². The number of carbonyl (C=O) groups is 2. The fourth-order valence-corrected chi connectivity index (χ4v) is 4.44. The molecule has 0 aliphatic heterocycles. The molecule has 8 heteroatoms. The molecule has 0 bridgehead atoms. The van der Waals surface area contributed by atoms with Crippen LogP contribution in [0.1, 0.15) is 56.3 Å². The Bertz CT molecular complexity index is 757. The van der Waals surface area contributed by atoms with Crippen molar-refractivity contribution >= 4 is 21.9 Å². The van der Waals surface area contributed by atoms with Crippen molar-refractivity contribution in [3.63, 3.8) is 0 Å². The summed E-state index contributed by atoms with van der Waals surface area (Å²) in [6.07, 6.45) is 4.24. The molecule has 1 aliphatic carbocycles. The van der Waals surface area contributed by atoms with Gasteiger partial charge in [-0.1, -0.05) is 25.8 Å². The monoisotopic (exact) mass is 382 g/mol. The summed E-state index contributed by atoms with van der Waals surface area (Å²) in [4.78, 5) is 25.1. The van der Waals surface area contributed by atoms with Crippen molar-refractivity contribution in [2.24, 2.45) is 0 Å². The van der Waals surface area contributed by atoms with E-state index in [0.29, 0.717) is 6.42 Å². The quantitative estimate of drug-likeness (QED) is 0.717. The van der Waals surface area contributed by atoms with Crippen molar-refractivity contribution in [2.75, 3.05) is 6.54 Å². The van der Waals surface area contributed by atoms with Crippen LogP contribution in [-0.2, 0) is 14.8 Å². The summed E-state index contributed by atoms with van der Waals surface area (Å²) in [6, 6.07) is 5.44. The number of carboxylic acid groups (broad SMARTS) is 1. The molecule has 1 fully saturated rings. The van der Waals surface area contributed by atoms with Gasteiger partial charge in [0.05, 0.1) is 4.90 Å². The first-order valence-corrected chi connectivity index (χ1v) is 10.4. The summed E-state index contributed by atoms with van der Waals surface area (Å²) in [7, 11) is -3.71. The molecule has 1 saturated carbocycles.